The smallest absolute Gasteiger partial charge is 0.307 e. The first-order chi connectivity index (χ1) is 5.24. The summed E-state index contributed by atoms with van der Waals surface area (Å²) in [4.78, 5) is 10.2. The van der Waals surface area contributed by atoms with Gasteiger partial charge in [-0.2, -0.15) is 16.6 Å². The van der Waals surface area contributed by atoms with Crippen LogP contribution in [0.2, 0.25) is 0 Å². The Balaban J connectivity index is 2.87. The Morgan fingerprint density at radius 1 is 1.73 bits per heavy atom. The summed E-state index contributed by atoms with van der Waals surface area (Å²) >= 11 is 1.35. The van der Waals surface area contributed by atoms with Gasteiger partial charge in [0, 0.05) is 5.38 Å². The number of carboxylic acids is 1. The van der Waals surface area contributed by atoms with E-state index < -0.39 is 5.97 Å². The molecule has 0 unspecified atom stereocenters. The van der Waals surface area contributed by atoms with Crippen molar-refractivity contribution in [1.29, 1.82) is 5.26 Å². The maximum absolute atomic E-state index is 10.2. The van der Waals surface area contributed by atoms with Crippen LogP contribution in [0.5, 0.6) is 0 Å². The normalized spacial score (nSPS) is 9.00. The van der Waals surface area contributed by atoms with Crippen LogP contribution in [0.4, 0.5) is 0 Å². The highest BCUT2D eigenvalue weighted by atomic mass is 32.1. The highest BCUT2D eigenvalue weighted by Gasteiger charge is 2.06. The molecule has 0 bridgehead atoms. The van der Waals surface area contributed by atoms with E-state index in [4.69, 9.17) is 10.4 Å². The van der Waals surface area contributed by atoms with Gasteiger partial charge in [0.1, 0.15) is 6.07 Å². The summed E-state index contributed by atoms with van der Waals surface area (Å²) in [7, 11) is 0. The van der Waals surface area contributed by atoms with Crippen molar-refractivity contribution in [3.8, 4) is 6.07 Å². The Morgan fingerprint density at radius 2 is 2.45 bits per heavy atom. The molecule has 0 amide bonds. The number of nitrogens with zero attached hydrogens (tertiary/aromatic N) is 1. The molecule has 0 aliphatic rings. The van der Waals surface area contributed by atoms with Gasteiger partial charge in [-0.1, -0.05) is 0 Å². The minimum absolute atomic E-state index is 0.0631. The van der Waals surface area contributed by atoms with Gasteiger partial charge in [-0.15, -0.1) is 0 Å². The van der Waals surface area contributed by atoms with Gasteiger partial charge >= 0.3 is 5.97 Å². The van der Waals surface area contributed by atoms with Crippen molar-refractivity contribution in [3.63, 3.8) is 0 Å². The first-order valence-electron chi connectivity index (χ1n) is 2.91. The maximum atomic E-state index is 10.2. The van der Waals surface area contributed by atoms with Crippen molar-refractivity contribution in [1.82, 2.24) is 0 Å². The molecule has 1 aromatic rings. The van der Waals surface area contributed by atoms with Crippen molar-refractivity contribution in [2.75, 3.05) is 0 Å². The molecule has 3 nitrogen and oxygen atoms in total. The summed E-state index contributed by atoms with van der Waals surface area (Å²) in [6, 6.07) is 1.93. The van der Waals surface area contributed by atoms with Gasteiger partial charge in [0.2, 0.25) is 0 Å². The first-order valence-corrected chi connectivity index (χ1v) is 3.85. The van der Waals surface area contributed by atoms with Crippen molar-refractivity contribution >= 4 is 17.3 Å². The monoisotopic (exact) mass is 167 g/mol. The predicted molar refractivity (Wildman–Crippen MR) is 40.4 cm³/mol. The standard InChI is InChI=1S/C7H5NO2S/c8-2-6-4-11-3-5(6)1-7(9)10/h3-4H,1H2,(H,9,10). The molecule has 0 aliphatic carbocycles. The Labute approximate surface area is 67.5 Å². The second kappa shape index (κ2) is 3.17. The zero-order valence-corrected chi connectivity index (χ0v) is 6.39. The van der Waals surface area contributed by atoms with E-state index in [0.29, 0.717) is 11.1 Å². The Hall–Kier alpha value is -1.34. The minimum atomic E-state index is -0.903. The van der Waals surface area contributed by atoms with Crippen molar-refractivity contribution in [2.24, 2.45) is 0 Å². The lowest BCUT2D eigenvalue weighted by molar-refractivity contribution is -0.136. The summed E-state index contributed by atoms with van der Waals surface area (Å²) in [5.41, 5.74) is 1.07. The number of carbonyl (C=O) groups is 1. The Morgan fingerprint density at radius 3 is 3.00 bits per heavy atom. The van der Waals surface area contributed by atoms with Crippen LogP contribution in [-0.4, -0.2) is 11.1 Å². The molecule has 11 heavy (non-hydrogen) atoms. The number of hydrogen-bond donors (Lipinski definition) is 1. The molecule has 0 fully saturated rings. The summed E-state index contributed by atoms with van der Waals surface area (Å²) in [6.45, 7) is 0. The molecule has 1 heterocycles. The molecule has 0 radical (unpaired) electrons. The Kier molecular flexibility index (Phi) is 2.24. The van der Waals surface area contributed by atoms with Gasteiger partial charge in [0.25, 0.3) is 0 Å². The molecule has 1 rings (SSSR count). The third-order valence-electron chi connectivity index (χ3n) is 1.20. The molecule has 0 aliphatic heterocycles. The van der Waals surface area contributed by atoms with E-state index >= 15 is 0 Å². The molecular weight excluding hydrogens is 162 g/mol. The van der Waals surface area contributed by atoms with Crippen LogP contribution in [-0.2, 0) is 11.2 Å². The molecular formula is C7H5NO2S. The second-order valence-corrected chi connectivity index (χ2v) is 2.74. The minimum Gasteiger partial charge on any atom is -0.481 e. The summed E-state index contributed by atoms with van der Waals surface area (Å²) in [5, 5.41) is 20.2. The van der Waals surface area contributed by atoms with E-state index in [1.165, 1.54) is 11.3 Å². The van der Waals surface area contributed by atoms with E-state index in [0.717, 1.165) is 0 Å². The Bertz CT molecular complexity index is 310. The molecule has 0 atom stereocenters. The lowest BCUT2D eigenvalue weighted by atomic mass is 10.1. The SMILES string of the molecule is N#Cc1cscc1CC(=O)O. The van der Waals surface area contributed by atoms with E-state index in [2.05, 4.69) is 0 Å². The van der Waals surface area contributed by atoms with Crippen molar-refractivity contribution < 1.29 is 9.90 Å². The third-order valence-corrected chi connectivity index (χ3v) is 2.00. The fourth-order valence-corrected chi connectivity index (χ4v) is 1.50. The highest BCUT2D eigenvalue weighted by Crippen LogP contribution is 2.14. The van der Waals surface area contributed by atoms with Crippen LogP contribution in [0, 0.1) is 11.3 Å². The van der Waals surface area contributed by atoms with E-state index in [9.17, 15) is 4.79 Å². The van der Waals surface area contributed by atoms with Crippen LogP contribution in [0.25, 0.3) is 0 Å². The molecule has 1 aromatic heterocycles. The topological polar surface area (TPSA) is 61.1 Å². The zero-order chi connectivity index (χ0) is 8.27. The average molecular weight is 167 g/mol. The average Bonchev–Trinajstić information content (AvgIpc) is 2.34. The van der Waals surface area contributed by atoms with Crippen molar-refractivity contribution in [2.45, 2.75) is 6.42 Å². The molecule has 0 spiro atoms. The van der Waals surface area contributed by atoms with Gasteiger partial charge in [-0.3, -0.25) is 4.79 Å². The summed E-state index contributed by atoms with van der Waals surface area (Å²) in [6.07, 6.45) is -0.0631. The van der Waals surface area contributed by atoms with Crippen LogP contribution >= 0.6 is 11.3 Å². The van der Waals surface area contributed by atoms with E-state index in [1.54, 1.807) is 10.8 Å². The molecule has 0 saturated heterocycles. The first kappa shape index (κ1) is 7.76. The van der Waals surface area contributed by atoms with Gasteiger partial charge in [-0.25, -0.2) is 0 Å². The van der Waals surface area contributed by atoms with E-state index in [1.807, 2.05) is 6.07 Å². The molecule has 0 aromatic carbocycles. The predicted octanol–water partition coefficient (Wildman–Crippen LogP) is 1.25. The van der Waals surface area contributed by atoms with E-state index in [-0.39, 0.29) is 6.42 Å². The lowest BCUT2D eigenvalue weighted by Crippen LogP contribution is -1.99. The largest absolute Gasteiger partial charge is 0.481 e. The van der Waals surface area contributed by atoms with Crippen LogP contribution in [0.3, 0.4) is 0 Å². The molecule has 1 N–H and O–H groups in total. The maximum Gasteiger partial charge on any atom is 0.307 e. The number of thiophene rings is 1. The third kappa shape index (κ3) is 1.79. The zero-order valence-electron chi connectivity index (χ0n) is 5.57. The lowest BCUT2D eigenvalue weighted by Gasteiger charge is -1.89. The van der Waals surface area contributed by atoms with Crippen LogP contribution < -0.4 is 0 Å². The van der Waals surface area contributed by atoms with Gasteiger partial charge in [-0.05, 0) is 10.9 Å². The fraction of sp³-hybridized carbons (Fsp3) is 0.143. The molecule has 0 saturated carbocycles. The number of aliphatic carboxylic acids is 1. The molecule has 4 heteroatoms. The van der Waals surface area contributed by atoms with Gasteiger partial charge < -0.3 is 5.11 Å². The van der Waals surface area contributed by atoms with Gasteiger partial charge in [0.15, 0.2) is 0 Å². The highest BCUT2D eigenvalue weighted by molar-refractivity contribution is 7.08. The fourth-order valence-electron chi connectivity index (χ4n) is 0.721. The van der Waals surface area contributed by atoms with Crippen LogP contribution in [0.15, 0.2) is 10.8 Å². The van der Waals surface area contributed by atoms with Crippen LogP contribution in [0.1, 0.15) is 11.1 Å². The number of hydrogen-bond acceptors (Lipinski definition) is 3. The summed E-state index contributed by atoms with van der Waals surface area (Å²) < 4.78 is 0. The van der Waals surface area contributed by atoms with Gasteiger partial charge in [0.05, 0.1) is 12.0 Å². The second-order valence-electron chi connectivity index (χ2n) is 1.99. The quantitative estimate of drug-likeness (QED) is 0.721. The summed E-state index contributed by atoms with van der Waals surface area (Å²) in [5.74, 6) is -0.903. The number of rotatable bonds is 2. The van der Waals surface area contributed by atoms with Crippen molar-refractivity contribution in [3.05, 3.63) is 21.9 Å². The molecule has 56 valence electrons. The number of nitriles is 1. The number of carboxylic acid groups (broad SMARTS) is 1.